The van der Waals surface area contributed by atoms with Gasteiger partial charge in [-0.1, -0.05) is 0 Å². The van der Waals surface area contributed by atoms with Crippen LogP contribution in [-0.4, -0.2) is 24.1 Å². The zero-order valence-electron chi connectivity index (χ0n) is 6.99. The Balaban J connectivity index is 2.47. The second-order valence-corrected chi connectivity index (χ2v) is 2.37. The molecule has 1 amide bonds. The fraction of sp³-hybridized carbons (Fsp3) is 0.375. The van der Waals surface area contributed by atoms with Crippen molar-refractivity contribution in [1.82, 2.24) is 4.90 Å². The van der Waals surface area contributed by atoms with Gasteiger partial charge in [-0.15, -0.1) is 0 Å². The summed E-state index contributed by atoms with van der Waals surface area (Å²) >= 11 is 0. The van der Waals surface area contributed by atoms with E-state index < -0.39 is 0 Å². The molecule has 4 heteroatoms. The van der Waals surface area contributed by atoms with Crippen molar-refractivity contribution in [2.45, 2.75) is 6.92 Å². The fourth-order valence-electron chi connectivity index (χ4n) is 0.850. The van der Waals surface area contributed by atoms with Crippen LogP contribution in [0.5, 0.6) is 0 Å². The SMILES string of the molecule is CCOC(=O)N1C=CC(N)=CC1. The first-order valence-corrected chi connectivity index (χ1v) is 3.81. The van der Waals surface area contributed by atoms with E-state index in [4.69, 9.17) is 10.5 Å². The van der Waals surface area contributed by atoms with Crippen LogP contribution < -0.4 is 5.73 Å². The predicted octanol–water partition coefficient (Wildman–Crippen LogP) is 0.815. The molecule has 1 heterocycles. The smallest absolute Gasteiger partial charge is 0.414 e. The van der Waals surface area contributed by atoms with E-state index in [9.17, 15) is 4.79 Å². The maximum atomic E-state index is 11.1. The first kappa shape index (κ1) is 8.64. The highest BCUT2D eigenvalue weighted by atomic mass is 16.6. The molecule has 0 aromatic rings. The van der Waals surface area contributed by atoms with Gasteiger partial charge in [0.05, 0.1) is 6.61 Å². The second-order valence-electron chi connectivity index (χ2n) is 2.37. The summed E-state index contributed by atoms with van der Waals surface area (Å²) in [6.07, 6.45) is 4.71. The summed E-state index contributed by atoms with van der Waals surface area (Å²) in [5, 5.41) is 0. The van der Waals surface area contributed by atoms with E-state index in [1.165, 1.54) is 4.90 Å². The highest BCUT2D eigenvalue weighted by Crippen LogP contribution is 2.03. The topological polar surface area (TPSA) is 55.6 Å². The van der Waals surface area contributed by atoms with Crippen LogP contribution in [0.25, 0.3) is 0 Å². The van der Waals surface area contributed by atoms with Crippen molar-refractivity contribution < 1.29 is 9.53 Å². The molecular weight excluding hydrogens is 156 g/mol. The van der Waals surface area contributed by atoms with E-state index in [2.05, 4.69) is 0 Å². The molecule has 2 N–H and O–H groups in total. The van der Waals surface area contributed by atoms with Crippen molar-refractivity contribution >= 4 is 6.09 Å². The number of hydrogen-bond acceptors (Lipinski definition) is 3. The Kier molecular flexibility index (Phi) is 2.74. The largest absolute Gasteiger partial charge is 0.449 e. The van der Waals surface area contributed by atoms with E-state index in [0.29, 0.717) is 18.8 Å². The molecule has 0 aliphatic carbocycles. The normalized spacial score (nSPS) is 15.8. The molecule has 12 heavy (non-hydrogen) atoms. The summed E-state index contributed by atoms with van der Waals surface area (Å²) in [6, 6.07) is 0. The number of amides is 1. The van der Waals surface area contributed by atoms with Gasteiger partial charge in [-0.25, -0.2) is 4.79 Å². The molecule has 0 saturated heterocycles. The van der Waals surface area contributed by atoms with Gasteiger partial charge in [-0.3, -0.25) is 4.90 Å². The summed E-state index contributed by atoms with van der Waals surface area (Å²) in [5.74, 6) is 0. The van der Waals surface area contributed by atoms with Crippen LogP contribution >= 0.6 is 0 Å². The third-order valence-electron chi connectivity index (χ3n) is 1.47. The van der Waals surface area contributed by atoms with Crippen LogP contribution in [-0.2, 0) is 4.74 Å². The van der Waals surface area contributed by atoms with E-state index in [1.54, 1.807) is 25.3 Å². The van der Waals surface area contributed by atoms with Crippen LogP contribution in [0.15, 0.2) is 24.0 Å². The van der Waals surface area contributed by atoms with Crippen molar-refractivity contribution in [3.8, 4) is 0 Å². The molecule has 4 nitrogen and oxygen atoms in total. The minimum atomic E-state index is -0.336. The second kappa shape index (κ2) is 3.80. The lowest BCUT2D eigenvalue weighted by Gasteiger charge is -2.18. The average Bonchev–Trinajstić information content (AvgIpc) is 2.06. The molecule has 0 aromatic heterocycles. The van der Waals surface area contributed by atoms with Crippen LogP contribution in [0.2, 0.25) is 0 Å². The van der Waals surface area contributed by atoms with Gasteiger partial charge in [0.15, 0.2) is 0 Å². The number of ether oxygens (including phenoxy) is 1. The van der Waals surface area contributed by atoms with Crippen molar-refractivity contribution in [1.29, 1.82) is 0 Å². The molecule has 1 aliphatic rings. The Morgan fingerprint density at radius 1 is 1.83 bits per heavy atom. The number of carbonyl (C=O) groups excluding carboxylic acids is 1. The molecule has 0 fully saturated rings. The lowest BCUT2D eigenvalue weighted by molar-refractivity contribution is 0.125. The third-order valence-corrected chi connectivity index (χ3v) is 1.47. The molecule has 0 aromatic carbocycles. The van der Waals surface area contributed by atoms with E-state index in [0.717, 1.165) is 0 Å². The molecule has 0 radical (unpaired) electrons. The summed E-state index contributed by atoms with van der Waals surface area (Å²) in [6.45, 7) is 2.65. The predicted molar refractivity (Wildman–Crippen MR) is 45.1 cm³/mol. The van der Waals surface area contributed by atoms with Gasteiger partial charge in [-0.05, 0) is 19.1 Å². The van der Waals surface area contributed by atoms with Crippen LogP contribution in [0, 0.1) is 0 Å². The Labute approximate surface area is 71.3 Å². The lowest BCUT2D eigenvalue weighted by atomic mass is 10.3. The molecule has 0 unspecified atom stereocenters. The van der Waals surface area contributed by atoms with E-state index in [-0.39, 0.29) is 6.09 Å². The number of rotatable bonds is 1. The maximum absolute atomic E-state index is 11.1. The highest BCUT2D eigenvalue weighted by Gasteiger charge is 2.11. The van der Waals surface area contributed by atoms with Crippen molar-refractivity contribution in [2.24, 2.45) is 5.73 Å². The number of nitrogens with zero attached hydrogens (tertiary/aromatic N) is 1. The van der Waals surface area contributed by atoms with Crippen LogP contribution in [0.3, 0.4) is 0 Å². The molecule has 1 aliphatic heterocycles. The van der Waals surface area contributed by atoms with Gasteiger partial charge in [0.1, 0.15) is 0 Å². The highest BCUT2D eigenvalue weighted by molar-refractivity contribution is 5.69. The monoisotopic (exact) mass is 168 g/mol. The number of hydrogen-bond donors (Lipinski definition) is 1. The van der Waals surface area contributed by atoms with Crippen LogP contribution in [0.4, 0.5) is 4.79 Å². The Hall–Kier alpha value is -1.45. The Morgan fingerprint density at radius 2 is 2.58 bits per heavy atom. The zero-order chi connectivity index (χ0) is 8.97. The summed E-state index contributed by atoms with van der Waals surface area (Å²) in [4.78, 5) is 12.5. The molecule has 0 atom stereocenters. The maximum Gasteiger partial charge on any atom is 0.414 e. The van der Waals surface area contributed by atoms with Crippen molar-refractivity contribution in [2.75, 3.05) is 13.2 Å². The summed E-state index contributed by atoms with van der Waals surface area (Å²) in [5.41, 5.74) is 6.14. The van der Waals surface area contributed by atoms with E-state index in [1.807, 2.05) is 0 Å². The molecule has 1 rings (SSSR count). The fourth-order valence-corrected chi connectivity index (χ4v) is 0.850. The number of carbonyl (C=O) groups is 1. The number of allylic oxidation sites excluding steroid dienone is 1. The van der Waals surface area contributed by atoms with Gasteiger partial charge < -0.3 is 10.5 Å². The molecule has 66 valence electrons. The summed E-state index contributed by atoms with van der Waals surface area (Å²) in [7, 11) is 0. The van der Waals surface area contributed by atoms with Crippen molar-refractivity contribution in [3.05, 3.63) is 24.0 Å². The quantitative estimate of drug-likeness (QED) is 0.630. The standard InChI is InChI=1S/C8H12N2O2/c1-2-12-8(11)10-5-3-7(9)4-6-10/h3-5H,2,6,9H2,1H3. The van der Waals surface area contributed by atoms with Gasteiger partial charge in [-0.2, -0.15) is 0 Å². The number of nitrogens with two attached hydrogens (primary N) is 1. The van der Waals surface area contributed by atoms with Gasteiger partial charge in [0, 0.05) is 18.4 Å². The van der Waals surface area contributed by atoms with Gasteiger partial charge >= 0.3 is 6.09 Å². The summed E-state index contributed by atoms with van der Waals surface area (Å²) < 4.78 is 4.78. The Bertz CT molecular complexity index is 233. The molecular formula is C8H12N2O2. The van der Waals surface area contributed by atoms with Crippen LogP contribution in [0.1, 0.15) is 6.92 Å². The minimum Gasteiger partial charge on any atom is -0.449 e. The zero-order valence-corrected chi connectivity index (χ0v) is 6.99. The third kappa shape index (κ3) is 2.02. The minimum absolute atomic E-state index is 0.336. The first-order chi connectivity index (χ1) is 5.74. The van der Waals surface area contributed by atoms with E-state index >= 15 is 0 Å². The van der Waals surface area contributed by atoms with Crippen molar-refractivity contribution in [3.63, 3.8) is 0 Å². The molecule has 0 spiro atoms. The lowest BCUT2D eigenvalue weighted by Crippen LogP contribution is -2.29. The molecule has 0 saturated carbocycles. The Morgan fingerprint density at radius 3 is 3.08 bits per heavy atom. The molecule has 0 bridgehead atoms. The average molecular weight is 168 g/mol. The van der Waals surface area contributed by atoms with Gasteiger partial charge in [0.2, 0.25) is 0 Å². The first-order valence-electron chi connectivity index (χ1n) is 3.81. The van der Waals surface area contributed by atoms with Gasteiger partial charge in [0.25, 0.3) is 0 Å².